The molecule has 0 radical (unpaired) electrons. The number of esters is 1. The van der Waals surface area contributed by atoms with Crippen molar-refractivity contribution in [2.45, 2.75) is 32.7 Å². The summed E-state index contributed by atoms with van der Waals surface area (Å²) in [4.78, 5) is 38.9. The van der Waals surface area contributed by atoms with Gasteiger partial charge in [0.2, 0.25) is 0 Å². The molecule has 0 aliphatic heterocycles. The molecule has 0 unspecified atom stereocenters. The molecule has 0 atom stereocenters. The van der Waals surface area contributed by atoms with Gasteiger partial charge in [-0.3, -0.25) is 10.1 Å². The second kappa shape index (κ2) is 6.00. The van der Waals surface area contributed by atoms with Gasteiger partial charge in [0.15, 0.2) is 6.61 Å². The first-order chi connectivity index (χ1) is 9.45. The van der Waals surface area contributed by atoms with Crippen molar-refractivity contribution in [1.29, 1.82) is 0 Å². The summed E-state index contributed by atoms with van der Waals surface area (Å²) in [6, 6.07) is -0.397. The van der Waals surface area contributed by atoms with Crippen molar-refractivity contribution in [3.8, 4) is 0 Å². The zero-order chi connectivity index (χ0) is 14.7. The van der Waals surface area contributed by atoms with E-state index in [-0.39, 0.29) is 6.04 Å². The van der Waals surface area contributed by atoms with Crippen LogP contribution < -0.4 is 10.6 Å². The van der Waals surface area contributed by atoms with Crippen LogP contribution in [0.5, 0.6) is 0 Å². The molecule has 1 aromatic heterocycles. The van der Waals surface area contributed by atoms with E-state index in [9.17, 15) is 14.4 Å². The lowest BCUT2D eigenvalue weighted by Gasteiger charge is -2.06. The highest BCUT2D eigenvalue weighted by Crippen LogP contribution is 2.18. The number of carbonyl (C=O) groups excluding carboxylic acids is 3. The molecule has 1 aromatic rings. The minimum atomic E-state index is -0.657. The SMILES string of the molecule is Cc1nc(C)c(C(=O)OCC(=O)NC(=O)NC2CC2)s1. The van der Waals surface area contributed by atoms with Gasteiger partial charge in [0, 0.05) is 6.04 Å². The molecule has 20 heavy (non-hydrogen) atoms. The monoisotopic (exact) mass is 297 g/mol. The van der Waals surface area contributed by atoms with Crippen molar-refractivity contribution >= 4 is 29.2 Å². The van der Waals surface area contributed by atoms with Crippen LogP contribution >= 0.6 is 11.3 Å². The van der Waals surface area contributed by atoms with Gasteiger partial charge >= 0.3 is 12.0 Å². The molecule has 0 aromatic carbocycles. The van der Waals surface area contributed by atoms with Gasteiger partial charge in [-0.1, -0.05) is 0 Å². The van der Waals surface area contributed by atoms with Crippen LogP contribution in [0.15, 0.2) is 0 Å². The highest BCUT2D eigenvalue weighted by molar-refractivity contribution is 7.13. The van der Waals surface area contributed by atoms with Crippen LogP contribution in [0.25, 0.3) is 0 Å². The first-order valence-corrected chi connectivity index (χ1v) is 6.99. The topological polar surface area (TPSA) is 97.4 Å². The van der Waals surface area contributed by atoms with Gasteiger partial charge < -0.3 is 10.1 Å². The van der Waals surface area contributed by atoms with Crippen LogP contribution in [0, 0.1) is 13.8 Å². The lowest BCUT2D eigenvalue weighted by molar-refractivity contribution is -0.123. The number of nitrogens with one attached hydrogen (secondary N) is 2. The largest absolute Gasteiger partial charge is 0.451 e. The van der Waals surface area contributed by atoms with Crippen LogP contribution in [0.1, 0.15) is 33.2 Å². The van der Waals surface area contributed by atoms with E-state index in [0.717, 1.165) is 17.8 Å². The molecule has 1 saturated carbocycles. The fourth-order valence-electron chi connectivity index (χ4n) is 1.53. The average Bonchev–Trinajstić information content (AvgIpc) is 3.10. The first-order valence-electron chi connectivity index (χ1n) is 6.17. The number of aryl methyl sites for hydroxylation is 2. The number of amides is 3. The zero-order valence-corrected chi connectivity index (χ0v) is 12.0. The smallest absolute Gasteiger partial charge is 0.350 e. The van der Waals surface area contributed by atoms with Crippen LogP contribution in [0.4, 0.5) is 4.79 Å². The van der Waals surface area contributed by atoms with Crippen molar-refractivity contribution in [2.75, 3.05) is 6.61 Å². The lowest BCUT2D eigenvalue weighted by atomic mass is 10.4. The number of nitrogens with zero attached hydrogens (tertiary/aromatic N) is 1. The van der Waals surface area contributed by atoms with Crippen molar-refractivity contribution in [3.63, 3.8) is 0 Å². The average molecular weight is 297 g/mol. The number of ether oxygens (including phenoxy) is 1. The van der Waals surface area contributed by atoms with E-state index in [2.05, 4.69) is 15.6 Å². The van der Waals surface area contributed by atoms with Gasteiger partial charge in [0.25, 0.3) is 5.91 Å². The van der Waals surface area contributed by atoms with Gasteiger partial charge in [-0.2, -0.15) is 0 Å². The molecule has 1 fully saturated rings. The molecule has 1 aliphatic carbocycles. The molecule has 0 bridgehead atoms. The lowest BCUT2D eigenvalue weighted by Crippen LogP contribution is -2.42. The number of aromatic nitrogens is 1. The molecular weight excluding hydrogens is 282 g/mol. The van der Waals surface area contributed by atoms with Crippen molar-refractivity contribution in [2.24, 2.45) is 0 Å². The Labute approximate surface area is 119 Å². The summed E-state index contributed by atoms with van der Waals surface area (Å²) < 4.78 is 4.84. The maximum atomic E-state index is 11.7. The van der Waals surface area contributed by atoms with Crippen LogP contribution in [-0.4, -0.2) is 35.5 Å². The molecule has 1 aliphatic rings. The van der Waals surface area contributed by atoms with Gasteiger partial charge in [-0.15, -0.1) is 11.3 Å². The van der Waals surface area contributed by atoms with E-state index in [1.54, 1.807) is 13.8 Å². The Morgan fingerprint density at radius 2 is 2.05 bits per heavy atom. The summed E-state index contributed by atoms with van der Waals surface area (Å²) in [6.45, 7) is 2.99. The maximum Gasteiger partial charge on any atom is 0.350 e. The van der Waals surface area contributed by atoms with E-state index >= 15 is 0 Å². The minimum absolute atomic E-state index is 0.160. The number of carbonyl (C=O) groups is 3. The van der Waals surface area contributed by atoms with Crippen LogP contribution in [0.2, 0.25) is 0 Å². The Kier molecular flexibility index (Phi) is 4.33. The third-order valence-electron chi connectivity index (χ3n) is 2.59. The molecule has 2 rings (SSSR count). The highest BCUT2D eigenvalue weighted by Gasteiger charge is 2.24. The van der Waals surface area contributed by atoms with E-state index in [0.29, 0.717) is 10.6 Å². The Balaban J connectivity index is 1.76. The molecule has 1 heterocycles. The third kappa shape index (κ3) is 4.02. The molecule has 0 saturated heterocycles. The summed E-state index contributed by atoms with van der Waals surface area (Å²) in [7, 11) is 0. The number of thiazole rings is 1. The molecule has 3 amide bonds. The molecule has 2 N–H and O–H groups in total. The van der Waals surface area contributed by atoms with E-state index in [4.69, 9.17) is 4.74 Å². The van der Waals surface area contributed by atoms with Crippen molar-refractivity contribution < 1.29 is 19.1 Å². The molecule has 108 valence electrons. The number of imide groups is 1. The standard InChI is InChI=1S/C12H15N3O4S/c1-6-10(20-7(2)13-6)11(17)19-5-9(16)15-12(18)14-8-3-4-8/h8H,3-5H2,1-2H3,(H2,14,15,16,18). The predicted molar refractivity (Wildman–Crippen MR) is 71.6 cm³/mol. The number of hydrogen-bond donors (Lipinski definition) is 2. The Bertz CT molecular complexity index is 551. The van der Waals surface area contributed by atoms with E-state index in [1.807, 2.05) is 0 Å². The van der Waals surface area contributed by atoms with Crippen LogP contribution in [-0.2, 0) is 9.53 Å². The summed E-state index contributed by atoms with van der Waals surface area (Å²) in [5.41, 5.74) is 0.574. The first kappa shape index (κ1) is 14.4. The summed E-state index contributed by atoms with van der Waals surface area (Å²) >= 11 is 1.21. The number of urea groups is 1. The second-order valence-corrected chi connectivity index (χ2v) is 5.72. The fourth-order valence-corrected chi connectivity index (χ4v) is 2.34. The predicted octanol–water partition coefficient (Wildman–Crippen LogP) is 0.905. The molecule has 8 heteroatoms. The number of hydrogen-bond acceptors (Lipinski definition) is 6. The zero-order valence-electron chi connectivity index (χ0n) is 11.2. The van der Waals surface area contributed by atoms with E-state index in [1.165, 1.54) is 11.3 Å². The van der Waals surface area contributed by atoms with Crippen molar-refractivity contribution in [3.05, 3.63) is 15.6 Å². The maximum absolute atomic E-state index is 11.7. The normalized spacial score (nSPS) is 13.7. The Morgan fingerprint density at radius 3 is 2.60 bits per heavy atom. The Hall–Kier alpha value is -1.96. The van der Waals surface area contributed by atoms with Gasteiger partial charge in [0.05, 0.1) is 10.7 Å². The molecule has 0 spiro atoms. The molecule has 7 nitrogen and oxygen atoms in total. The third-order valence-corrected chi connectivity index (χ3v) is 3.64. The quantitative estimate of drug-likeness (QED) is 0.805. The summed E-state index contributed by atoms with van der Waals surface area (Å²) in [5.74, 6) is -1.26. The summed E-state index contributed by atoms with van der Waals surface area (Å²) in [6.07, 6.45) is 1.86. The highest BCUT2D eigenvalue weighted by atomic mass is 32.1. The second-order valence-electron chi connectivity index (χ2n) is 4.52. The van der Waals surface area contributed by atoms with E-state index < -0.39 is 24.5 Å². The summed E-state index contributed by atoms with van der Waals surface area (Å²) in [5, 5.41) is 5.45. The number of rotatable bonds is 4. The molecular formula is C12H15N3O4S. The van der Waals surface area contributed by atoms with Gasteiger partial charge in [-0.25, -0.2) is 14.6 Å². The Morgan fingerprint density at radius 1 is 1.35 bits per heavy atom. The van der Waals surface area contributed by atoms with Crippen LogP contribution in [0.3, 0.4) is 0 Å². The van der Waals surface area contributed by atoms with Crippen molar-refractivity contribution in [1.82, 2.24) is 15.6 Å². The fraction of sp³-hybridized carbons (Fsp3) is 0.500. The van der Waals surface area contributed by atoms with Gasteiger partial charge in [0.1, 0.15) is 4.88 Å². The van der Waals surface area contributed by atoms with Gasteiger partial charge in [-0.05, 0) is 26.7 Å². The minimum Gasteiger partial charge on any atom is -0.451 e.